The van der Waals surface area contributed by atoms with E-state index in [1.807, 2.05) is 6.08 Å². The lowest BCUT2D eigenvalue weighted by Gasteiger charge is -2.20. The van der Waals surface area contributed by atoms with Crippen LogP contribution in [-0.4, -0.2) is 50.3 Å². The van der Waals surface area contributed by atoms with E-state index in [-0.39, 0.29) is 5.97 Å². The Bertz CT molecular complexity index is 1590. The van der Waals surface area contributed by atoms with Crippen LogP contribution >= 0.6 is 0 Å². The van der Waals surface area contributed by atoms with E-state index in [0.29, 0.717) is 91.3 Å². The minimum absolute atomic E-state index is 0.300. The summed E-state index contributed by atoms with van der Waals surface area (Å²) in [7, 11) is 0. The van der Waals surface area contributed by atoms with Crippen LogP contribution in [0.2, 0.25) is 0 Å². The molecule has 0 heterocycles. The van der Waals surface area contributed by atoms with Gasteiger partial charge >= 0.3 is 23.9 Å². The molecule has 0 radical (unpaired) electrons. The average molecular weight is 671 g/mol. The number of hydrogen-bond acceptors (Lipinski definition) is 10. The van der Waals surface area contributed by atoms with Crippen molar-refractivity contribution in [1.82, 2.24) is 0 Å². The maximum atomic E-state index is 12.8. The molecule has 258 valence electrons. The van der Waals surface area contributed by atoms with Crippen LogP contribution < -0.4 is 18.9 Å². The zero-order valence-electron chi connectivity index (χ0n) is 27.7. The van der Waals surface area contributed by atoms with Gasteiger partial charge in [-0.3, -0.25) is 0 Å². The number of esters is 4. The Morgan fingerprint density at radius 2 is 1.18 bits per heavy atom. The number of rotatable bonds is 19. The predicted octanol–water partition coefficient (Wildman–Crippen LogP) is 7.38. The van der Waals surface area contributed by atoms with E-state index in [0.717, 1.165) is 25.3 Å². The van der Waals surface area contributed by atoms with Crippen molar-refractivity contribution in [3.05, 3.63) is 108 Å². The minimum Gasteiger partial charge on any atom is -0.494 e. The van der Waals surface area contributed by atoms with Crippen molar-refractivity contribution < 1.29 is 47.6 Å². The molecule has 10 heteroatoms. The van der Waals surface area contributed by atoms with Gasteiger partial charge in [0.25, 0.3) is 0 Å². The first-order valence-electron chi connectivity index (χ1n) is 16.5. The molecule has 1 saturated carbocycles. The summed E-state index contributed by atoms with van der Waals surface area (Å²) in [6.07, 6.45) is 10.9. The SMILES string of the molecule is C=CC(=O)OCCCCOc1ccc(C(=O)Oc2ccc(OC(=O)c3ccc(OCCCCOC(=O)/C=C/C4CCC4)cc3)c(C)c2)cc1. The van der Waals surface area contributed by atoms with Crippen molar-refractivity contribution in [3.8, 4) is 23.0 Å². The molecular weight excluding hydrogens is 628 g/mol. The summed E-state index contributed by atoms with van der Waals surface area (Å²) >= 11 is 0. The molecule has 0 saturated heterocycles. The lowest BCUT2D eigenvalue weighted by Crippen LogP contribution is -2.11. The molecule has 3 aromatic rings. The van der Waals surface area contributed by atoms with Crippen LogP contribution in [0.4, 0.5) is 0 Å². The Hall–Kier alpha value is -5.38. The molecule has 49 heavy (non-hydrogen) atoms. The van der Waals surface area contributed by atoms with E-state index in [1.54, 1.807) is 73.7 Å². The van der Waals surface area contributed by atoms with E-state index in [2.05, 4.69) is 6.58 Å². The summed E-state index contributed by atoms with van der Waals surface area (Å²) in [5, 5.41) is 0. The number of carbonyl (C=O) groups is 4. The van der Waals surface area contributed by atoms with Crippen LogP contribution in [0.3, 0.4) is 0 Å². The Labute approximate surface area is 286 Å². The van der Waals surface area contributed by atoms with E-state index in [1.165, 1.54) is 12.5 Å². The monoisotopic (exact) mass is 670 g/mol. The van der Waals surface area contributed by atoms with Gasteiger partial charge in [-0.2, -0.15) is 0 Å². The van der Waals surface area contributed by atoms with Gasteiger partial charge in [-0.1, -0.05) is 19.1 Å². The molecule has 1 aliphatic carbocycles. The summed E-state index contributed by atoms with van der Waals surface area (Å²) in [5.74, 6) is 0.551. The number of hydrogen-bond donors (Lipinski definition) is 0. The number of carbonyl (C=O) groups excluding carboxylic acids is 4. The summed E-state index contributed by atoms with van der Waals surface area (Å²) in [6, 6.07) is 18.0. The van der Waals surface area contributed by atoms with Gasteiger partial charge in [0.2, 0.25) is 0 Å². The third kappa shape index (κ3) is 12.6. The zero-order chi connectivity index (χ0) is 34.8. The van der Waals surface area contributed by atoms with E-state index in [4.69, 9.17) is 28.4 Å². The lowest BCUT2D eigenvalue weighted by atomic mass is 9.85. The zero-order valence-corrected chi connectivity index (χ0v) is 27.7. The van der Waals surface area contributed by atoms with E-state index in [9.17, 15) is 19.2 Å². The first-order valence-corrected chi connectivity index (χ1v) is 16.5. The van der Waals surface area contributed by atoms with Crippen LogP contribution in [0.1, 0.15) is 71.2 Å². The topological polar surface area (TPSA) is 124 Å². The van der Waals surface area contributed by atoms with Gasteiger partial charge < -0.3 is 28.4 Å². The van der Waals surface area contributed by atoms with Gasteiger partial charge in [0.15, 0.2) is 0 Å². The van der Waals surface area contributed by atoms with Crippen molar-refractivity contribution >= 4 is 23.9 Å². The Morgan fingerprint density at radius 1 is 0.673 bits per heavy atom. The average Bonchev–Trinajstić information content (AvgIpc) is 3.08. The molecule has 10 nitrogen and oxygen atoms in total. The molecule has 0 spiro atoms. The number of aryl methyl sites for hydroxylation is 1. The number of benzene rings is 3. The Morgan fingerprint density at radius 3 is 1.69 bits per heavy atom. The smallest absolute Gasteiger partial charge is 0.343 e. The molecule has 1 fully saturated rings. The second-order valence-corrected chi connectivity index (χ2v) is 11.5. The molecule has 0 amide bonds. The second-order valence-electron chi connectivity index (χ2n) is 11.5. The number of unbranched alkanes of at least 4 members (excludes halogenated alkanes) is 2. The normalized spacial score (nSPS) is 12.4. The van der Waals surface area contributed by atoms with Crippen molar-refractivity contribution in [3.63, 3.8) is 0 Å². The van der Waals surface area contributed by atoms with Gasteiger partial charge in [-0.25, -0.2) is 19.2 Å². The maximum Gasteiger partial charge on any atom is 0.343 e. The van der Waals surface area contributed by atoms with Gasteiger partial charge in [0, 0.05) is 12.2 Å². The highest BCUT2D eigenvalue weighted by atomic mass is 16.5. The Balaban J connectivity index is 1.14. The summed E-state index contributed by atoms with van der Waals surface area (Å²) < 4.78 is 32.6. The summed E-state index contributed by atoms with van der Waals surface area (Å²) in [4.78, 5) is 48.2. The van der Waals surface area contributed by atoms with Crippen molar-refractivity contribution in [2.24, 2.45) is 5.92 Å². The third-order valence-corrected chi connectivity index (χ3v) is 7.66. The largest absolute Gasteiger partial charge is 0.494 e. The third-order valence-electron chi connectivity index (χ3n) is 7.66. The molecule has 0 aromatic heterocycles. The van der Waals surface area contributed by atoms with Gasteiger partial charge in [0.1, 0.15) is 23.0 Å². The molecule has 0 aliphatic heterocycles. The highest BCUT2D eigenvalue weighted by molar-refractivity contribution is 5.92. The van der Waals surface area contributed by atoms with E-state index >= 15 is 0 Å². The fourth-order valence-corrected chi connectivity index (χ4v) is 4.59. The first kappa shape index (κ1) is 36.5. The number of allylic oxidation sites excluding steroid dienone is 1. The molecule has 3 aromatic carbocycles. The quantitative estimate of drug-likeness (QED) is 0.0552. The van der Waals surface area contributed by atoms with Crippen molar-refractivity contribution in [1.29, 1.82) is 0 Å². The fourth-order valence-electron chi connectivity index (χ4n) is 4.59. The first-order chi connectivity index (χ1) is 23.8. The van der Waals surface area contributed by atoms with Gasteiger partial charge in [-0.05, 0) is 124 Å². The van der Waals surface area contributed by atoms with Crippen LogP contribution in [0.15, 0.2) is 91.5 Å². The summed E-state index contributed by atoms with van der Waals surface area (Å²) in [6.45, 7) is 6.63. The van der Waals surface area contributed by atoms with Crippen LogP contribution in [0.5, 0.6) is 23.0 Å². The Kier molecular flexibility index (Phi) is 14.5. The molecule has 0 N–H and O–H groups in total. The maximum absolute atomic E-state index is 12.8. The molecule has 0 atom stereocenters. The van der Waals surface area contributed by atoms with Gasteiger partial charge in [-0.15, -0.1) is 0 Å². The molecule has 1 aliphatic rings. The van der Waals surface area contributed by atoms with Crippen LogP contribution in [0.25, 0.3) is 0 Å². The minimum atomic E-state index is -0.544. The standard InChI is InChI=1S/C39H42O10/c1-3-36(40)46-25-6-4-23-44-32-16-12-30(13-17-32)38(42)48-34-20-21-35(28(2)27-34)49-39(43)31-14-18-33(19-15-31)45-24-5-7-26-47-37(41)22-11-29-9-8-10-29/h3,11-22,27,29H,1,4-10,23-26H2,2H3/b22-11+. The molecular formula is C39H42O10. The highest BCUT2D eigenvalue weighted by Crippen LogP contribution is 2.27. The second kappa shape index (κ2) is 19.4. The van der Waals surface area contributed by atoms with Gasteiger partial charge in [0.05, 0.1) is 37.6 Å². The fraction of sp³-hybridized carbons (Fsp3) is 0.333. The van der Waals surface area contributed by atoms with Crippen molar-refractivity contribution in [2.75, 3.05) is 26.4 Å². The van der Waals surface area contributed by atoms with Crippen molar-refractivity contribution in [2.45, 2.75) is 51.9 Å². The van der Waals surface area contributed by atoms with Crippen LogP contribution in [-0.2, 0) is 19.1 Å². The number of ether oxygens (including phenoxy) is 6. The van der Waals surface area contributed by atoms with Crippen LogP contribution in [0, 0.1) is 12.8 Å². The summed E-state index contributed by atoms with van der Waals surface area (Å²) in [5.41, 5.74) is 1.31. The van der Waals surface area contributed by atoms with E-state index < -0.39 is 17.9 Å². The lowest BCUT2D eigenvalue weighted by molar-refractivity contribution is -0.138. The molecule has 0 unspecified atom stereocenters. The predicted molar refractivity (Wildman–Crippen MR) is 182 cm³/mol. The molecule has 4 rings (SSSR count). The highest BCUT2D eigenvalue weighted by Gasteiger charge is 2.15. The molecule has 0 bridgehead atoms.